The van der Waals surface area contributed by atoms with E-state index in [0.717, 1.165) is 29.3 Å². The summed E-state index contributed by atoms with van der Waals surface area (Å²) in [5.74, 6) is -0.439. The number of hydrogen-bond donors (Lipinski definition) is 2. The number of nitrogens with zero attached hydrogens (tertiary/aromatic N) is 2. The summed E-state index contributed by atoms with van der Waals surface area (Å²) in [6.07, 6.45) is 9.48. The number of amides is 1. The normalized spacial score (nSPS) is 15.2. The van der Waals surface area contributed by atoms with Crippen LogP contribution in [-0.2, 0) is 20.9 Å². The van der Waals surface area contributed by atoms with Crippen LogP contribution >= 0.6 is 0 Å². The summed E-state index contributed by atoms with van der Waals surface area (Å²) in [4.78, 5) is 23.8. The number of benzene rings is 1. The van der Waals surface area contributed by atoms with Crippen LogP contribution in [0, 0.1) is 0 Å². The topological polar surface area (TPSA) is 84.7 Å². The van der Waals surface area contributed by atoms with E-state index in [-0.39, 0.29) is 25.0 Å². The highest BCUT2D eigenvalue weighted by molar-refractivity contribution is 6.00. The van der Waals surface area contributed by atoms with Crippen molar-refractivity contribution in [1.82, 2.24) is 15.3 Å². The molecular formula is C21H28N4O3. The van der Waals surface area contributed by atoms with Gasteiger partial charge in [-0.15, -0.1) is 0 Å². The average Bonchev–Trinajstić information content (AvgIpc) is 3.05. The van der Waals surface area contributed by atoms with Gasteiger partial charge in [0, 0.05) is 28.7 Å². The van der Waals surface area contributed by atoms with Gasteiger partial charge >= 0.3 is 5.97 Å². The van der Waals surface area contributed by atoms with E-state index >= 15 is 0 Å². The Hall–Kier alpha value is -2.67. The van der Waals surface area contributed by atoms with Gasteiger partial charge in [-0.05, 0) is 25.8 Å². The fraction of sp³-hybridized carbons (Fsp3) is 0.476. The third-order valence-electron chi connectivity index (χ3n) is 4.97. The Morgan fingerprint density at radius 1 is 1.25 bits per heavy atom. The number of carbonyl (C=O) groups excluding carboxylic acids is 2. The van der Waals surface area contributed by atoms with Crippen LogP contribution in [-0.4, -0.2) is 41.9 Å². The van der Waals surface area contributed by atoms with Gasteiger partial charge in [-0.2, -0.15) is 5.10 Å². The zero-order chi connectivity index (χ0) is 19.8. The Morgan fingerprint density at radius 2 is 2.04 bits per heavy atom. The molecule has 2 N–H and O–H groups in total. The molecule has 150 valence electrons. The molecular weight excluding hydrogens is 356 g/mol. The largest absolute Gasteiger partial charge is 0.465 e. The van der Waals surface area contributed by atoms with Gasteiger partial charge in [0.2, 0.25) is 0 Å². The van der Waals surface area contributed by atoms with Crippen molar-refractivity contribution < 1.29 is 14.3 Å². The Morgan fingerprint density at radius 3 is 2.82 bits per heavy atom. The Labute approximate surface area is 165 Å². The van der Waals surface area contributed by atoms with E-state index in [1.54, 1.807) is 13.1 Å². The fourth-order valence-corrected chi connectivity index (χ4v) is 3.61. The maximum atomic E-state index is 12.0. The smallest absolute Gasteiger partial charge is 0.325 e. The summed E-state index contributed by atoms with van der Waals surface area (Å²) in [5, 5.41) is 8.35. The lowest BCUT2D eigenvalue weighted by atomic mass is 9.95. The van der Waals surface area contributed by atoms with E-state index in [4.69, 9.17) is 4.74 Å². The van der Waals surface area contributed by atoms with Crippen LogP contribution in [0.3, 0.4) is 0 Å². The highest BCUT2D eigenvalue weighted by Crippen LogP contribution is 2.20. The first kappa shape index (κ1) is 20.1. The van der Waals surface area contributed by atoms with E-state index < -0.39 is 0 Å². The van der Waals surface area contributed by atoms with Gasteiger partial charge in [0.15, 0.2) is 0 Å². The lowest BCUT2D eigenvalue weighted by Gasteiger charge is -2.22. The number of aromatic nitrogens is 1. The van der Waals surface area contributed by atoms with E-state index in [2.05, 4.69) is 15.8 Å². The second kappa shape index (κ2) is 10.0. The molecule has 0 aliphatic heterocycles. The van der Waals surface area contributed by atoms with Crippen LogP contribution < -0.4 is 10.7 Å². The number of ether oxygens (including phenoxy) is 1. The summed E-state index contributed by atoms with van der Waals surface area (Å²) >= 11 is 0. The molecule has 1 amide bonds. The molecule has 0 bridgehead atoms. The number of hydrogen-bond acceptors (Lipinski definition) is 5. The van der Waals surface area contributed by atoms with E-state index in [0.29, 0.717) is 12.6 Å². The molecule has 0 saturated heterocycles. The predicted molar refractivity (Wildman–Crippen MR) is 109 cm³/mol. The van der Waals surface area contributed by atoms with Crippen molar-refractivity contribution in [2.24, 2.45) is 5.10 Å². The summed E-state index contributed by atoms with van der Waals surface area (Å²) < 4.78 is 6.87. The molecule has 28 heavy (non-hydrogen) atoms. The lowest BCUT2D eigenvalue weighted by molar-refractivity contribution is -0.143. The summed E-state index contributed by atoms with van der Waals surface area (Å²) in [5.41, 5.74) is 4.33. The summed E-state index contributed by atoms with van der Waals surface area (Å²) in [6.45, 7) is 2.55. The van der Waals surface area contributed by atoms with Crippen molar-refractivity contribution >= 4 is 29.0 Å². The molecule has 0 atom stereocenters. The molecule has 3 rings (SSSR count). The van der Waals surface area contributed by atoms with Gasteiger partial charge in [0.1, 0.15) is 6.54 Å². The zero-order valence-corrected chi connectivity index (χ0v) is 16.3. The molecule has 1 fully saturated rings. The standard InChI is InChI=1S/C21H28N4O3/c1-2-28-21(27)15-25-14-16(18-10-6-7-11-19(18)25)12-23-24-20(26)13-22-17-8-4-3-5-9-17/h6-7,10-12,14,17,22H,2-5,8-9,13,15H2,1H3,(H,24,26)/b23-12-. The van der Waals surface area contributed by atoms with Crippen molar-refractivity contribution in [3.63, 3.8) is 0 Å². The molecule has 1 aliphatic rings. The van der Waals surface area contributed by atoms with Gasteiger partial charge in [-0.3, -0.25) is 9.59 Å². The lowest BCUT2D eigenvalue weighted by Crippen LogP contribution is -2.38. The SMILES string of the molecule is CCOC(=O)Cn1cc(/C=N\NC(=O)CNC2CCCCC2)c2ccccc21. The molecule has 2 aromatic rings. The molecule has 0 spiro atoms. The number of hydrazone groups is 1. The quantitative estimate of drug-likeness (QED) is 0.416. The van der Waals surface area contributed by atoms with Gasteiger partial charge in [0.05, 0.1) is 19.4 Å². The molecule has 1 saturated carbocycles. The van der Waals surface area contributed by atoms with Crippen molar-refractivity contribution in [2.45, 2.75) is 51.6 Å². The third-order valence-corrected chi connectivity index (χ3v) is 4.97. The second-order valence-corrected chi connectivity index (χ2v) is 7.04. The van der Waals surface area contributed by atoms with Crippen molar-refractivity contribution in [1.29, 1.82) is 0 Å². The second-order valence-electron chi connectivity index (χ2n) is 7.04. The Balaban J connectivity index is 1.59. The van der Waals surface area contributed by atoms with Crippen molar-refractivity contribution in [3.05, 3.63) is 36.0 Å². The van der Waals surface area contributed by atoms with Crippen molar-refractivity contribution in [2.75, 3.05) is 13.2 Å². The Bertz CT molecular complexity index is 837. The molecule has 7 heteroatoms. The molecule has 0 radical (unpaired) electrons. The van der Waals surface area contributed by atoms with Crippen LogP contribution in [0.4, 0.5) is 0 Å². The molecule has 1 aliphatic carbocycles. The minimum atomic E-state index is -0.283. The average molecular weight is 384 g/mol. The molecule has 1 aromatic heterocycles. The first-order chi connectivity index (χ1) is 13.7. The van der Waals surface area contributed by atoms with Crippen LogP contribution in [0.2, 0.25) is 0 Å². The third kappa shape index (κ3) is 5.42. The van der Waals surface area contributed by atoms with Crippen molar-refractivity contribution in [3.8, 4) is 0 Å². The van der Waals surface area contributed by atoms with Crippen LogP contribution in [0.5, 0.6) is 0 Å². The van der Waals surface area contributed by atoms with E-state index in [9.17, 15) is 9.59 Å². The highest BCUT2D eigenvalue weighted by Gasteiger charge is 2.14. The van der Waals surface area contributed by atoms with Gasteiger partial charge < -0.3 is 14.6 Å². The van der Waals surface area contributed by atoms with Gasteiger partial charge in [-0.25, -0.2) is 5.43 Å². The number of nitrogens with one attached hydrogen (secondary N) is 2. The minimum absolute atomic E-state index is 0.139. The summed E-state index contributed by atoms with van der Waals surface area (Å²) in [6, 6.07) is 8.19. The predicted octanol–water partition coefficient (Wildman–Crippen LogP) is 2.58. The number of para-hydroxylation sites is 1. The highest BCUT2D eigenvalue weighted by atomic mass is 16.5. The maximum Gasteiger partial charge on any atom is 0.325 e. The number of carbonyl (C=O) groups is 2. The zero-order valence-electron chi connectivity index (χ0n) is 16.3. The number of rotatable bonds is 8. The summed E-state index contributed by atoms with van der Waals surface area (Å²) in [7, 11) is 0. The monoisotopic (exact) mass is 384 g/mol. The molecule has 1 heterocycles. The first-order valence-electron chi connectivity index (χ1n) is 9.96. The van der Waals surface area contributed by atoms with E-state index in [1.165, 1.54) is 19.3 Å². The number of fused-ring (bicyclic) bond motifs is 1. The van der Waals surface area contributed by atoms with Gasteiger partial charge in [0.25, 0.3) is 5.91 Å². The van der Waals surface area contributed by atoms with Crippen LogP contribution in [0.25, 0.3) is 10.9 Å². The van der Waals surface area contributed by atoms with Crippen LogP contribution in [0.15, 0.2) is 35.6 Å². The van der Waals surface area contributed by atoms with Gasteiger partial charge in [-0.1, -0.05) is 37.5 Å². The van der Waals surface area contributed by atoms with E-state index in [1.807, 2.05) is 35.0 Å². The molecule has 7 nitrogen and oxygen atoms in total. The Kier molecular flexibility index (Phi) is 7.19. The molecule has 0 unspecified atom stereocenters. The maximum absolute atomic E-state index is 12.0. The first-order valence-corrected chi connectivity index (χ1v) is 9.96. The fourth-order valence-electron chi connectivity index (χ4n) is 3.61. The minimum Gasteiger partial charge on any atom is -0.465 e. The number of esters is 1. The molecule has 1 aromatic carbocycles. The van der Waals surface area contributed by atoms with Crippen LogP contribution in [0.1, 0.15) is 44.6 Å².